The van der Waals surface area contributed by atoms with E-state index in [4.69, 9.17) is 30.8 Å². The van der Waals surface area contributed by atoms with Gasteiger partial charge in [-0.15, -0.1) is 0 Å². The molecule has 2 heterocycles. The van der Waals surface area contributed by atoms with Crippen molar-refractivity contribution in [2.45, 2.75) is 39.7 Å². The van der Waals surface area contributed by atoms with Gasteiger partial charge in [-0.25, -0.2) is 9.79 Å². The molecule has 1 atom stereocenters. The first-order valence-corrected chi connectivity index (χ1v) is 14.8. The molecule has 0 fully saturated rings. The maximum Gasteiger partial charge on any atom is 0.338 e. The van der Waals surface area contributed by atoms with E-state index in [9.17, 15) is 9.59 Å². The second-order valence-electron chi connectivity index (χ2n) is 9.44. The maximum absolute atomic E-state index is 14.2. The van der Waals surface area contributed by atoms with E-state index in [1.165, 1.54) is 11.3 Å². The number of halogens is 1. The minimum absolute atomic E-state index is 0.198. The van der Waals surface area contributed by atoms with Crippen LogP contribution in [0.3, 0.4) is 0 Å². The fourth-order valence-corrected chi connectivity index (χ4v) is 6.42. The normalized spacial score (nSPS) is 15.0. The molecule has 0 saturated heterocycles. The number of carbonyl (C=O) groups excluding carboxylic acids is 1. The molecular weight excluding hydrogens is 560 g/mol. The van der Waals surface area contributed by atoms with Crippen molar-refractivity contribution in [3.63, 3.8) is 0 Å². The van der Waals surface area contributed by atoms with Gasteiger partial charge in [0.1, 0.15) is 17.5 Å². The molecule has 0 saturated carbocycles. The van der Waals surface area contributed by atoms with Crippen molar-refractivity contribution in [2.24, 2.45) is 4.99 Å². The standard InChI is InChI=1S/C32H31ClN2O5S/c1-5-10-23-28(31(37)40-7-3)29(27-21-12-9-8-11-20(21)14-16-25(27)38-4)35-30(36)26(41-32(35)34-23)18-19-13-15-24(39-6-2)22(33)17-19/h8-9,11-18,29H,5-7,10H2,1-4H3/b26-18-/t29-/m1/s1. The van der Waals surface area contributed by atoms with Gasteiger partial charge in [0.2, 0.25) is 0 Å². The number of ether oxygens (including phenoxy) is 3. The van der Waals surface area contributed by atoms with Crippen molar-refractivity contribution in [1.29, 1.82) is 0 Å². The third kappa shape index (κ3) is 5.42. The number of benzene rings is 3. The summed E-state index contributed by atoms with van der Waals surface area (Å²) in [4.78, 5) is 33.2. The predicted molar refractivity (Wildman–Crippen MR) is 163 cm³/mol. The zero-order valence-electron chi connectivity index (χ0n) is 23.4. The molecule has 1 aliphatic rings. The highest BCUT2D eigenvalue weighted by Crippen LogP contribution is 2.41. The van der Waals surface area contributed by atoms with Crippen molar-refractivity contribution in [3.05, 3.63) is 102 Å². The first-order chi connectivity index (χ1) is 19.9. The van der Waals surface area contributed by atoms with Crippen molar-refractivity contribution < 1.29 is 19.0 Å². The quantitative estimate of drug-likeness (QED) is 0.231. The van der Waals surface area contributed by atoms with Crippen LogP contribution in [-0.2, 0) is 9.53 Å². The number of esters is 1. The summed E-state index contributed by atoms with van der Waals surface area (Å²) in [5, 5.41) is 2.30. The minimum Gasteiger partial charge on any atom is -0.496 e. The molecule has 1 aromatic heterocycles. The highest BCUT2D eigenvalue weighted by Gasteiger charge is 2.37. The van der Waals surface area contributed by atoms with E-state index in [1.807, 2.05) is 56.3 Å². The number of hydrogen-bond donors (Lipinski definition) is 0. The average Bonchev–Trinajstić information content (AvgIpc) is 3.27. The zero-order valence-corrected chi connectivity index (χ0v) is 25.0. The number of methoxy groups -OCH3 is 1. The number of thiazole rings is 1. The van der Waals surface area contributed by atoms with Crippen LogP contribution < -0.4 is 24.4 Å². The topological polar surface area (TPSA) is 79.1 Å². The van der Waals surface area contributed by atoms with Gasteiger partial charge in [0.25, 0.3) is 5.56 Å². The van der Waals surface area contributed by atoms with Crippen molar-refractivity contribution >= 4 is 45.8 Å². The molecule has 0 aliphatic carbocycles. The molecule has 41 heavy (non-hydrogen) atoms. The lowest BCUT2D eigenvalue weighted by Gasteiger charge is -2.28. The molecule has 1 aliphatic heterocycles. The van der Waals surface area contributed by atoms with E-state index in [2.05, 4.69) is 0 Å². The van der Waals surface area contributed by atoms with E-state index >= 15 is 0 Å². The fraction of sp³-hybridized carbons (Fsp3) is 0.281. The Hall–Kier alpha value is -3.88. The summed E-state index contributed by atoms with van der Waals surface area (Å²) in [7, 11) is 1.59. The molecule has 212 valence electrons. The summed E-state index contributed by atoms with van der Waals surface area (Å²) >= 11 is 7.71. The Morgan fingerprint density at radius 3 is 2.56 bits per heavy atom. The Labute approximate surface area is 247 Å². The molecule has 3 aromatic carbocycles. The first-order valence-electron chi connectivity index (χ1n) is 13.6. The Morgan fingerprint density at radius 1 is 1.07 bits per heavy atom. The first kappa shape index (κ1) is 28.6. The highest BCUT2D eigenvalue weighted by molar-refractivity contribution is 7.07. The number of nitrogens with zero attached hydrogens (tertiary/aromatic N) is 2. The number of aromatic nitrogens is 1. The molecule has 7 nitrogen and oxygen atoms in total. The summed E-state index contributed by atoms with van der Waals surface area (Å²) < 4.78 is 19.0. The lowest BCUT2D eigenvalue weighted by Crippen LogP contribution is -2.40. The van der Waals surface area contributed by atoms with Gasteiger partial charge in [-0.1, -0.05) is 72.7 Å². The summed E-state index contributed by atoms with van der Waals surface area (Å²) in [6.07, 6.45) is 3.11. The van der Waals surface area contributed by atoms with E-state index in [-0.39, 0.29) is 12.2 Å². The Balaban J connectivity index is 1.82. The van der Waals surface area contributed by atoms with Crippen molar-refractivity contribution in [2.75, 3.05) is 20.3 Å². The van der Waals surface area contributed by atoms with E-state index in [0.717, 1.165) is 22.8 Å². The SMILES string of the molecule is CCCC1=C(C(=O)OCC)[C@@H](c2c(OC)ccc3ccccc23)n2c(s/c(=C\c3ccc(OCC)c(Cl)c3)c2=O)=N1. The largest absolute Gasteiger partial charge is 0.496 e. The van der Waals surface area contributed by atoms with Crippen LogP contribution in [0, 0.1) is 0 Å². The summed E-state index contributed by atoms with van der Waals surface area (Å²) in [6.45, 7) is 6.39. The van der Waals surface area contributed by atoms with Crippen LogP contribution in [0.4, 0.5) is 0 Å². The predicted octanol–water partition coefficient (Wildman–Crippen LogP) is 5.79. The smallest absolute Gasteiger partial charge is 0.338 e. The van der Waals surface area contributed by atoms with Crippen LogP contribution in [0.1, 0.15) is 50.8 Å². The number of fused-ring (bicyclic) bond motifs is 2. The van der Waals surface area contributed by atoms with Gasteiger partial charge in [0.15, 0.2) is 4.80 Å². The van der Waals surface area contributed by atoms with Crippen LogP contribution in [-0.4, -0.2) is 30.9 Å². The number of hydrogen-bond acceptors (Lipinski definition) is 7. The van der Waals surface area contributed by atoms with Crippen LogP contribution in [0.2, 0.25) is 5.02 Å². The number of allylic oxidation sites excluding steroid dienone is 1. The minimum atomic E-state index is -0.793. The van der Waals surface area contributed by atoms with Crippen LogP contribution in [0.5, 0.6) is 11.5 Å². The van der Waals surface area contributed by atoms with Gasteiger partial charge in [0, 0.05) is 5.56 Å². The van der Waals surface area contributed by atoms with E-state index in [0.29, 0.717) is 55.7 Å². The zero-order chi connectivity index (χ0) is 29.1. The second-order valence-corrected chi connectivity index (χ2v) is 10.9. The molecule has 0 bridgehead atoms. The molecule has 5 rings (SSSR count). The van der Waals surface area contributed by atoms with Gasteiger partial charge in [-0.05, 0) is 60.9 Å². The van der Waals surface area contributed by atoms with Crippen molar-refractivity contribution in [3.8, 4) is 11.5 Å². The molecular formula is C32H31ClN2O5S. The van der Waals surface area contributed by atoms with Gasteiger partial charge >= 0.3 is 5.97 Å². The fourth-order valence-electron chi connectivity index (χ4n) is 5.16. The molecule has 0 spiro atoms. The number of rotatable bonds is 9. The summed E-state index contributed by atoms with van der Waals surface area (Å²) in [5.41, 5.74) is 2.17. The molecule has 4 aromatic rings. The second kappa shape index (κ2) is 12.3. The van der Waals surface area contributed by atoms with E-state index < -0.39 is 12.0 Å². The lowest BCUT2D eigenvalue weighted by atomic mass is 9.90. The van der Waals surface area contributed by atoms with Gasteiger partial charge < -0.3 is 14.2 Å². The third-order valence-electron chi connectivity index (χ3n) is 6.87. The molecule has 0 unspecified atom stereocenters. The summed E-state index contributed by atoms with van der Waals surface area (Å²) in [5.74, 6) is 0.660. The van der Waals surface area contributed by atoms with Crippen molar-refractivity contribution in [1.82, 2.24) is 4.57 Å². The summed E-state index contributed by atoms with van der Waals surface area (Å²) in [6, 6.07) is 16.3. The molecule has 0 N–H and O–H groups in total. The van der Waals surface area contributed by atoms with Gasteiger partial charge in [0.05, 0.1) is 41.1 Å². The van der Waals surface area contributed by atoms with Crippen LogP contribution in [0.15, 0.2) is 75.7 Å². The third-order valence-corrected chi connectivity index (χ3v) is 8.15. The lowest BCUT2D eigenvalue weighted by molar-refractivity contribution is -0.139. The Kier molecular flexibility index (Phi) is 8.61. The van der Waals surface area contributed by atoms with Gasteiger partial charge in [-0.3, -0.25) is 9.36 Å². The van der Waals surface area contributed by atoms with E-state index in [1.54, 1.807) is 36.8 Å². The Bertz CT molecular complexity index is 1840. The Morgan fingerprint density at radius 2 is 1.85 bits per heavy atom. The average molecular weight is 591 g/mol. The van der Waals surface area contributed by atoms with Gasteiger partial charge in [-0.2, -0.15) is 0 Å². The number of carbonyl (C=O) groups is 1. The molecule has 0 amide bonds. The van der Waals surface area contributed by atoms with Crippen LogP contribution >= 0.6 is 22.9 Å². The highest BCUT2D eigenvalue weighted by atomic mass is 35.5. The maximum atomic E-state index is 14.2. The van der Waals surface area contributed by atoms with Crippen LogP contribution in [0.25, 0.3) is 16.8 Å². The molecule has 0 radical (unpaired) electrons. The molecule has 9 heteroatoms. The monoisotopic (exact) mass is 590 g/mol.